The summed E-state index contributed by atoms with van der Waals surface area (Å²) in [5.74, 6) is -0.300. The van der Waals surface area contributed by atoms with E-state index in [1.165, 1.54) is 6.08 Å². The molecule has 0 aliphatic carbocycles. The molecule has 0 aromatic heterocycles. The van der Waals surface area contributed by atoms with Gasteiger partial charge < -0.3 is 24.4 Å². The van der Waals surface area contributed by atoms with Gasteiger partial charge in [0.05, 0.1) is 46.2 Å². The van der Waals surface area contributed by atoms with Crippen LogP contribution in [0.5, 0.6) is 0 Å². The van der Waals surface area contributed by atoms with Crippen LogP contribution in [-0.4, -0.2) is 62.4 Å². The monoisotopic (exact) mass is 326 g/mol. The van der Waals surface area contributed by atoms with Crippen LogP contribution in [0.3, 0.4) is 0 Å². The first-order valence-corrected chi connectivity index (χ1v) is 7.51. The highest BCUT2D eigenvalue weighted by Gasteiger charge is 1.92. The van der Waals surface area contributed by atoms with Crippen molar-refractivity contribution in [3.05, 3.63) is 42.0 Å². The van der Waals surface area contributed by atoms with Crippen molar-refractivity contribution in [2.24, 2.45) is 0 Å². The SMILES string of the molecule is CCOC(=O)C=Cc1ccccc1.OCCOCCOCCO. The average Bonchev–Trinajstić information content (AvgIpc) is 2.58. The Kier molecular flexibility index (Phi) is 15.4. The van der Waals surface area contributed by atoms with E-state index in [0.717, 1.165) is 5.56 Å². The zero-order valence-corrected chi connectivity index (χ0v) is 13.5. The van der Waals surface area contributed by atoms with E-state index in [2.05, 4.69) is 0 Å². The molecule has 0 spiro atoms. The minimum Gasteiger partial charge on any atom is -0.463 e. The number of esters is 1. The Morgan fingerprint density at radius 2 is 1.57 bits per heavy atom. The molecule has 130 valence electrons. The first-order chi connectivity index (χ1) is 11.2. The van der Waals surface area contributed by atoms with E-state index in [1.54, 1.807) is 13.0 Å². The second kappa shape index (κ2) is 16.6. The molecule has 2 N–H and O–H groups in total. The normalized spacial score (nSPS) is 10.2. The van der Waals surface area contributed by atoms with Crippen LogP contribution in [0, 0.1) is 0 Å². The Morgan fingerprint density at radius 1 is 1.00 bits per heavy atom. The van der Waals surface area contributed by atoms with E-state index >= 15 is 0 Å². The van der Waals surface area contributed by atoms with Crippen LogP contribution in [0.4, 0.5) is 0 Å². The van der Waals surface area contributed by atoms with Gasteiger partial charge in [-0.25, -0.2) is 4.79 Å². The van der Waals surface area contributed by atoms with Gasteiger partial charge in [-0.3, -0.25) is 0 Å². The molecular formula is C17H26O6. The lowest BCUT2D eigenvalue weighted by Crippen LogP contribution is -2.09. The molecule has 0 aliphatic heterocycles. The van der Waals surface area contributed by atoms with Gasteiger partial charge in [0.1, 0.15) is 0 Å². The molecule has 0 atom stereocenters. The number of carbonyl (C=O) groups is 1. The Balaban J connectivity index is 0.000000438. The van der Waals surface area contributed by atoms with Crippen molar-refractivity contribution < 1.29 is 29.2 Å². The third kappa shape index (κ3) is 15.0. The fourth-order valence-corrected chi connectivity index (χ4v) is 1.37. The molecule has 0 amide bonds. The Morgan fingerprint density at radius 3 is 2.04 bits per heavy atom. The number of hydrogen-bond donors (Lipinski definition) is 2. The van der Waals surface area contributed by atoms with E-state index < -0.39 is 0 Å². The molecule has 0 bridgehead atoms. The van der Waals surface area contributed by atoms with Gasteiger partial charge in [0.15, 0.2) is 0 Å². The van der Waals surface area contributed by atoms with Crippen LogP contribution in [0.15, 0.2) is 36.4 Å². The van der Waals surface area contributed by atoms with Crippen molar-refractivity contribution in [3.8, 4) is 0 Å². The van der Waals surface area contributed by atoms with Crippen LogP contribution >= 0.6 is 0 Å². The number of hydrogen-bond acceptors (Lipinski definition) is 6. The van der Waals surface area contributed by atoms with Crippen LogP contribution in [-0.2, 0) is 19.0 Å². The third-order valence-corrected chi connectivity index (χ3v) is 2.34. The number of rotatable bonds is 10. The highest BCUT2D eigenvalue weighted by atomic mass is 16.5. The molecule has 0 heterocycles. The fraction of sp³-hybridized carbons (Fsp3) is 0.471. The Labute approximate surface area is 137 Å². The lowest BCUT2D eigenvalue weighted by atomic mass is 10.2. The molecule has 0 saturated heterocycles. The predicted molar refractivity (Wildman–Crippen MR) is 87.9 cm³/mol. The van der Waals surface area contributed by atoms with Crippen molar-refractivity contribution in [1.29, 1.82) is 0 Å². The highest BCUT2D eigenvalue weighted by Crippen LogP contribution is 2.00. The topological polar surface area (TPSA) is 85.2 Å². The summed E-state index contributed by atoms with van der Waals surface area (Å²) >= 11 is 0. The van der Waals surface area contributed by atoms with Crippen molar-refractivity contribution in [2.45, 2.75) is 6.92 Å². The van der Waals surface area contributed by atoms with Gasteiger partial charge in [-0.15, -0.1) is 0 Å². The van der Waals surface area contributed by atoms with E-state index in [9.17, 15) is 4.79 Å². The van der Waals surface area contributed by atoms with Crippen molar-refractivity contribution in [2.75, 3.05) is 46.2 Å². The van der Waals surface area contributed by atoms with E-state index in [1.807, 2.05) is 30.3 Å². The predicted octanol–water partition coefficient (Wildman–Crippen LogP) is 1.27. The molecule has 0 unspecified atom stereocenters. The number of aliphatic hydroxyl groups excluding tert-OH is 2. The number of aliphatic hydroxyl groups is 2. The van der Waals surface area contributed by atoms with Gasteiger partial charge >= 0.3 is 5.97 Å². The maximum atomic E-state index is 10.9. The third-order valence-electron chi connectivity index (χ3n) is 2.34. The second-order valence-corrected chi connectivity index (χ2v) is 4.17. The van der Waals surface area contributed by atoms with Gasteiger partial charge in [0.2, 0.25) is 0 Å². The molecule has 6 nitrogen and oxygen atoms in total. The smallest absolute Gasteiger partial charge is 0.330 e. The zero-order chi connectivity index (χ0) is 17.2. The number of carbonyl (C=O) groups excluding carboxylic acids is 1. The summed E-state index contributed by atoms with van der Waals surface area (Å²) in [4.78, 5) is 10.9. The second-order valence-electron chi connectivity index (χ2n) is 4.17. The molecule has 1 aromatic carbocycles. The summed E-state index contributed by atoms with van der Waals surface area (Å²) in [6, 6.07) is 9.63. The first-order valence-electron chi connectivity index (χ1n) is 7.51. The van der Waals surface area contributed by atoms with Gasteiger partial charge in [-0.2, -0.15) is 0 Å². The molecule has 0 fully saturated rings. The Hall–Kier alpha value is -1.73. The summed E-state index contributed by atoms with van der Waals surface area (Å²) in [5.41, 5.74) is 0.996. The summed E-state index contributed by atoms with van der Waals surface area (Å²) in [5, 5.41) is 16.5. The molecular weight excluding hydrogens is 300 g/mol. The van der Waals surface area contributed by atoms with Gasteiger partial charge in [0.25, 0.3) is 0 Å². The maximum Gasteiger partial charge on any atom is 0.330 e. The molecule has 1 aromatic rings. The zero-order valence-electron chi connectivity index (χ0n) is 13.5. The number of benzene rings is 1. The molecule has 6 heteroatoms. The van der Waals surface area contributed by atoms with Crippen LogP contribution in [0.1, 0.15) is 12.5 Å². The minimum atomic E-state index is -0.300. The van der Waals surface area contributed by atoms with Gasteiger partial charge in [-0.05, 0) is 18.6 Å². The van der Waals surface area contributed by atoms with Crippen molar-refractivity contribution in [1.82, 2.24) is 0 Å². The van der Waals surface area contributed by atoms with Gasteiger partial charge in [-0.1, -0.05) is 30.3 Å². The molecule has 0 saturated carbocycles. The largest absolute Gasteiger partial charge is 0.463 e. The fourth-order valence-electron chi connectivity index (χ4n) is 1.37. The summed E-state index contributed by atoms with van der Waals surface area (Å²) in [7, 11) is 0. The first kappa shape index (κ1) is 21.3. The standard InChI is InChI=1S/C11H12O2.C6H14O4/c1-2-13-11(12)9-8-10-6-4-3-5-7-10;7-1-3-9-5-6-10-4-2-8/h3-9H,2H2,1H3;7-8H,1-6H2. The van der Waals surface area contributed by atoms with E-state index in [4.69, 9.17) is 24.4 Å². The lowest BCUT2D eigenvalue weighted by molar-refractivity contribution is -0.137. The minimum absolute atomic E-state index is 0.0417. The molecule has 1 rings (SSSR count). The van der Waals surface area contributed by atoms with Crippen LogP contribution in [0.25, 0.3) is 6.08 Å². The molecule has 0 aliphatic rings. The van der Waals surface area contributed by atoms with Crippen molar-refractivity contribution >= 4 is 12.0 Å². The highest BCUT2D eigenvalue weighted by molar-refractivity contribution is 5.86. The van der Waals surface area contributed by atoms with Crippen LogP contribution < -0.4 is 0 Å². The summed E-state index contributed by atoms with van der Waals surface area (Å²) < 4.78 is 14.5. The quantitative estimate of drug-likeness (QED) is 0.383. The molecule has 23 heavy (non-hydrogen) atoms. The van der Waals surface area contributed by atoms with Crippen LogP contribution in [0.2, 0.25) is 0 Å². The summed E-state index contributed by atoms with van der Waals surface area (Å²) in [6.07, 6.45) is 3.16. The molecule has 0 radical (unpaired) electrons. The van der Waals surface area contributed by atoms with E-state index in [-0.39, 0.29) is 19.2 Å². The summed E-state index contributed by atoms with van der Waals surface area (Å²) in [6.45, 7) is 3.93. The van der Waals surface area contributed by atoms with E-state index in [0.29, 0.717) is 33.0 Å². The number of ether oxygens (including phenoxy) is 3. The van der Waals surface area contributed by atoms with Crippen molar-refractivity contribution in [3.63, 3.8) is 0 Å². The Bertz CT molecular complexity index is 397. The van der Waals surface area contributed by atoms with Gasteiger partial charge in [0, 0.05) is 6.08 Å². The lowest BCUT2D eigenvalue weighted by Gasteiger charge is -2.01. The average molecular weight is 326 g/mol. The maximum absolute atomic E-state index is 10.9.